The summed E-state index contributed by atoms with van der Waals surface area (Å²) in [6.07, 6.45) is 1.23. The number of methoxy groups -OCH3 is 1. The van der Waals surface area contributed by atoms with Gasteiger partial charge in [0.25, 0.3) is 0 Å². The van der Waals surface area contributed by atoms with Crippen molar-refractivity contribution in [3.8, 4) is 0 Å². The van der Waals surface area contributed by atoms with Crippen LogP contribution < -0.4 is 0 Å². The summed E-state index contributed by atoms with van der Waals surface area (Å²) < 4.78 is 11.0. The number of carbonyl (C=O) groups is 4. The van der Waals surface area contributed by atoms with Crippen molar-refractivity contribution in [3.05, 3.63) is 46.7 Å². The Balaban J connectivity index is 1.87. The first-order valence-electron chi connectivity index (χ1n) is 10.6. The summed E-state index contributed by atoms with van der Waals surface area (Å²) in [7, 11) is 1.30. The minimum atomic E-state index is -1.71. The zero-order valence-corrected chi connectivity index (χ0v) is 18.7. The quantitative estimate of drug-likeness (QED) is 0.528. The Kier molecular flexibility index (Phi) is 4.76. The van der Waals surface area contributed by atoms with E-state index in [0.717, 1.165) is 0 Å². The van der Waals surface area contributed by atoms with E-state index in [0.29, 0.717) is 35.3 Å². The highest BCUT2D eigenvalue weighted by Crippen LogP contribution is 2.57. The highest BCUT2D eigenvalue weighted by atomic mass is 16.5. The van der Waals surface area contributed by atoms with Crippen molar-refractivity contribution in [2.24, 2.45) is 10.8 Å². The number of esters is 1. The molecule has 0 amide bonds. The maximum atomic E-state index is 13.5. The standard InChI is InChI=1S/C25H28O6/c1-23(2)10-16(26)20-17(11-23)31-25(18(27)12-24(3,4)13-19(25)28)21(20)14-6-8-15(9-7-14)22(29)30-5/h6-9,21H,10-13H2,1-5H3. The lowest BCUT2D eigenvalue weighted by Crippen LogP contribution is -2.57. The Hall–Kier alpha value is -2.76. The number of benzene rings is 1. The van der Waals surface area contributed by atoms with Gasteiger partial charge >= 0.3 is 5.97 Å². The van der Waals surface area contributed by atoms with Crippen molar-refractivity contribution in [1.82, 2.24) is 0 Å². The molecule has 4 rings (SSSR count). The van der Waals surface area contributed by atoms with Gasteiger partial charge in [-0.15, -0.1) is 0 Å². The van der Waals surface area contributed by atoms with Crippen molar-refractivity contribution < 1.29 is 28.7 Å². The van der Waals surface area contributed by atoms with Gasteiger partial charge in [0.05, 0.1) is 18.6 Å². The third-order valence-corrected chi connectivity index (χ3v) is 6.63. The molecule has 0 saturated heterocycles. The monoisotopic (exact) mass is 424 g/mol. The molecule has 1 fully saturated rings. The minimum absolute atomic E-state index is 0.0874. The first-order chi connectivity index (χ1) is 14.4. The average Bonchev–Trinajstić information content (AvgIpc) is 3.00. The summed E-state index contributed by atoms with van der Waals surface area (Å²) in [5.74, 6) is -1.47. The molecule has 1 aromatic carbocycles. The van der Waals surface area contributed by atoms with Crippen LogP contribution in [0.25, 0.3) is 0 Å². The summed E-state index contributed by atoms with van der Waals surface area (Å²) >= 11 is 0. The SMILES string of the molecule is COC(=O)c1ccc(C2C3=C(CC(C)(C)CC3=O)OC23C(=O)CC(C)(C)CC3=O)cc1. The van der Waals surface area contributed by atoms with Crippen LogP contribution in [0.5, 0.6) is 0 Å². The lowest BCUT2D eigenvalue weighted by molar-refractivity contribution is -0.160. The predicted molar refractivity (Wildman–Crippen MR) is 112 cm³/mol. The van der Waals surface area contributed by atoms with Gasteiger partial charge in [-0.25, -0.2) is 4.79 Å². The second kappa shape index (κ2) is 6.87. The first-order valence-corrected chi connectivity index (χ1v) is 10.6. The molecule has 1 saturated carbocycles. The molecule has 31 heavy (non-hydrogen) atoms. The first kappa shape index (κ1) is 21.5. The summed E-state index contributed by atoms with van der Waals surface area (Å²) in [5.41, 5.74) is -1.05. The van der Waals surface area contributed by atoms with Gasteiger partial charge in [0.15, 0.2) is 17.3 Å². The van der Waals surface area contributed by atoms with Crippen LogP contribution in [0.4, 0.5) is 0 Å². The topological polar surface area (TPSA) is 86.7 Å². The Morgan fingerprint density at radius 3 is 2.00 bits per heavy atom. The molecule has 1 aliphatic heterocycles. The highest BCUT2D eigenvalue weighted by molar-refractivity contribution is 6.17. The second-order valence-electron chi connectivity index (χ2n) is 10.5. The molecule has 0 aromatic heterocycles. The van der Waals surface area contributed by atoms with Crippen LogP contribution in [0.1, 0.15) is 75.2 Å². The van der Waals surface area contributed by atoms with Gasteiger partial charge in [-0.2, -0.15) is 0 Å². The molecule has 3 aliphatic rings. The van der Waals surface area contributed by atoms with Crippen LogP contribution in [0.3, 0.4) is 0 Å². The number of ether oxygens (including phenoxy) is 2. The largest absolute Gasteiger partial charge is 0.474 e. The Morgan fingerprint density at radius 2 is 1.45 bits per heavy atom. The van der Waals surface area contributed by atoms with E-state index in [-0.39, 0.29) is 35.6 Å². The van der Waals surface area contributed by atoms with Crippen molar-refractivity contribution in [3.63, 3.8) is 0 Å². The molecule has 2 aliphatic carbocycles. The Labute approximate surface area is 182 Å². The fourth-order valence-electron chi connectivity index (χ4n) is 5.26. The van der Waals surface area contributed by atoms with E-state index < -0.39 is 22.9 Å². The minimum Gasteiger partial charge on any atom is -0.474 e. The maximum Gasteiger partial charge on any atom is 0.337 e. The molecule has 1 spiro atoms. The zero-order valence-electron chi connectivity index (χ0n) is 18.7. The number of ketones is 3. The lowest BCUT2D eigenvalue weighted by Gasteiger charge is -2.41. The number of hydrogen-bond donors (Lipinski definition) is 0. The summed E-state index contributed by atoms with van der Waals surface area (Å²) in [6.45, 7) is 7.76. The van der Waals surface area contributed by atoms with Gasteiger partial charge < -0.3 is 9.47 Å². The van der Waals surface area contributed by atoms with Crippen molar-refractivity contribution in [2.45, 2.75) is 64.9 Å². The summed E-state index contributed by atoms with van der Waals surface area (Å²) in [6, 6.07) is 6.55. The van der Waals surface area contributed by atoms with E-state index >= 15 is 0 Å². The van der Waals surface area contributed by atoms with E-state index in [2.05, 4.69) is 0 Å². The molecule has 6 nitrogen and oxygen atoms in total. The number of rotatable bonds is 2. The number of carbonyl (C=O) groups excluding carboxylic acids is 4. The molecule has 0 N–H and O–H groups in total. The molecule has 6 heteroatoms. The van der Waals surface area contributed by atoms with Crippen LogP contribution in [0.2, 0.25) is 0 Å². The lowest BCUT2D eigenvalue weighted by atomic mass is 9.61. The number of Topliss-reactive ketones (excluding diaryl/α,β-unsaturated/α-hetero) is 3. The van der Waals surface area contributed by atoms with Gasteiger partial charge in [0, 0.05) is 31.3 Å². The third kappa shape index (κ3) is 3.33. The van der Waals surface area contributed by atoms with Gasteiger partial charge in [-0.3, -0.25) is 14.4 Å². The van der Waals surface area contributed by atoms with Crippen LogP contribution in [-0.2, 0) is 23.9 Å². The van der Waals surface area contributed by atoms with E-state index in [9.17, 15) is 19.2 Å². The fraction of sp³-hybridized carbons (Fsp3) is 0.520. The average molecular weight is 424 g/mol. The Morgan fingerprint density at radius 1 is 0.903 bits per heavy atom. The van der Waals surface area contributed by atoms with Gasteiger partial charge in [0.2, 0.25) is 5.60 Å². The predicted octanol–water partition coefficient (Wildman–Crippen LogP) is 3.93. The van der Waals surface area contributed by atoms with Gasteiger partial charge in [-0.05, 0) is 28.5 Å². The van der Waals surface area contributed by atoms with Crippen LogP contribution in [0.15, 0.2) is 35.6 Å². The summed E-state index contributed by atoms with van der Waals surface area (Å²) in [5, 5.41) is 0. The molecule has 0 bridgehead atoms. The molecule has 164 valence electrons. The van der Waals surface area contributed by atoms with Gasteiger partial charge in [0.1, 0.15) is 5.76 Å². The van der Waals surface area contributed by atoms with Crippen molar-refractivity contribution in [1.29, 1.82) is 0 Å². The molecule has 0 radical (unpaired) electrons. The second-order valence-corrected chi connectivity index (χ2v) is 10.5. The normalized spacial score (nSPS) is 26.0. The van der Waals surface area contributed by atoms with Crippen LogP contribution in [0, 0.1) is 10.8 Å². The van der Waals surface area contributed by atoms with E-state index in [1.165, 1.54) is 7.11 Å². The van der Waals surface area contributed by atoms with Crippen molar-refractivity contribution in [2.75, 3.05) is 7.11 Å². The van der Waals surface area contributed by atoms with E-state index in [1.54, 1.807) is 24.3 Å². The van der Waals surface area contributed by atoms with Crippen LogP contribution in [-0.4, -0.2) is 36.0 Å². The number of allylic oxidation sites excluding steroid dienone is 1. The third-order valence-electron chi connectivity index (χ3n) is 6.63. The number of hydrogen-bond acceptors (Lipinski definition) is 6. The zero-order chi connectivity index (χ0) is 22.8. The molecule has 1 unspecified atom stereocenters. The molecule has 1 atom stereocenters. The molecular weight excluding hydrogens is 396 g/mol. The molecular formula is C25H28O6. The van der Waals surface area contributed by atoms with E-state index in [4.69, 9.17) is 9.47 Å². The highest BCUT2D eigenvalue weighted by Gasteiger charge is 2.65. The van der Waals surface area contributed by atoms with Crippen molar-refractivity contribution >= 4 is 23.3 Å². The molecule has 1 heterocycles. The molecule has 1 aromatic rings. The van der Waals surface area contributed by atoms with Gasteiger partial charge in [-0.1, -0.05) is 39.8 Å². The van der Waals surface area contributed by atoms with Crippen LogP contribution >= 0.6 is 0 Å². The van der Waals surface area contributed by atoms with E-state index in [1.807, 2.05) is 27.7 Å². The Bertz CT molecular complexity index is 1000. The summed E-state index contributed by atoms with van der Waals surface area (Å²) in [4.78, 5) is 52.1. The smallest absolute Gasteiger partial charge is 0.337 e. The maximum absolute atomic E-state index is 13.5. The fourth-order valence-corrected chi connectivity index (χ4v) is 5.26.